The van der Waals surface area contributed by atoms with Gasteiger partial charge in [0.05, 0.1) is 47.7 Å². The third-order valence-electron chi connectivity index (χ3n) is 5.59. The van der Waals surface area contributed by atoms with Crippen molar-refractivity contribution in [2.75, 3.05) is 19.0 Å². The number of benzene rings is 1. The Morgan fingerprint density at radius 3 is 2.41 bits per heavy atom. The maximum Gasteiger partial charge on any atom is 0.273 e. The molecule has 37 heavy (non-hydrogen) atoms. The molecule has 0 atom stereocenters. The second-order valence-corrected chi connectivity index (χ2v) is 11.0. The van der Waals surface area contributed by atoms with Crippen LogP contribution in [0.4, 0.5) is 5.69 Å². The van der Waals surface area contributed by atoms with Crippen molar-refractivity contribution in [3.05, 3.63) is 58.7 Å². The first kappa shape index (κ1) is 27.3. The Morgan fingerprint density at radius 2 is 1.81 bits per heavy atom. The third kappa shape index (κ3) is 6.50. The molecule has 2 aromatic heterocycles. The summed E-state index contributed by atoms with van der Waals surface area (Å²) in [5, 5.41) is 23.4. The van der Waals surface area contributed by atoms with Crippen molar-refractivity contribution in [2.24, 2.45) is 5.41 Å². The van der Waals surface area contributed by atoms with Crippen molar-refractivity contribution < 1.29 is 14.3 Å². The second-order valence-electron chi connectivity index (χ2n) is 11.0. The fourth-order valence-electron chi connectivity index (χ4n) is 3.48. The highest BCUT2D eigenvalue weighted by Gasteiger charge is 2.23. The number of anilines is 1. The van der Waals surface area contributed by atoms with E-state index in [9.17, 15) is 14.9 Å². The molecule has 2 N–H and O–H groups in total. The van der Waals surface area contributed by atoms with E-state index in [2.05, 4.69) is 32.0 Å². The van der Waals surface area contributed by atoms with E-state index in [4.69, 9.17) is 4.74 Å². The van der Waals surface area contributed by atoms with E-state index in [1.165, 1.54) is 24.2 Å². The van der Waals surface area contributed by atoms with Crippen LogP contribution in [0.25, 0.3) is 5.69 Å². The molecule has 0 bridgehead atoms. The van der Waals surface area contributed by atoms with Crippen molar-refractivity contribution in [2.45, 2.75) is 53.9 Å². The number of pyridine rings is 1. The van der Waals surface area contributed by atoms with E-state index >= 15 is 0 Å². The molecule has 0 spiro atoms. The van der Waals surface area contributed by atoms with Crippen LogP contribution in [0, 0.1) is 23.7 Å². The largest absolute Gasteiger partial charge is 0.495 e. The molecule has 194 valence electrons. The number of carbonyl (C=O) groups is 2. The number of aryl methyl sites for hydroxylation is 1. The lowest BCUT2D eigenvalue weighted by molar-refractivity contribution is 0.0933. The molecule has 10 heteroatoms. The van der Waals surface area contributed by atoms with E-state index < -0.39 is 5.91 Å². The first-order valence-electron chi connectivity index (χ1n) is 11.8. The number of rotatable bonds is 6. The summed E-state index contributed by atoms with van der Waals surface area (Å²) in [6.45, 7) is 14.4. The minimum Gasteiger partial charge on any atom is -0.495 e. The van der Waals surface area contributed by atoms with Crippen LogP contribution in [0.5, 0.6) is 5.75 Å². The van der Waals surface area contributed by atoms with Crippen molar-refractivity contribution in [3.8, 4) is 17.5 Å². The molecule has 0 aliphatic heterocycles. The second kappa shape index (κ2) is 10.4. The smallest absolute Gasteiger partial charge is 0.273 e. The minimum atomic E-state index is -0.447. The van der Waals surface area contributed by atoms with Crippen LogP contribution in [0.2, 0.25) is 0 Å². The van der Waals surface area contributed by atoms with Gasteiger partial charge in [0.2, 0.25) is 0 Å². The third-order valence-corrected chi connectivity index (χ3v) is 5.59. The number of carbonyl (C=O) groups excluding carboxylic acids is 2. The fourth-order valence-corrected chi connectivity index (χ4v) is 3.48. The first-order valence-corrected chi connectivity index (χ1v) is 11.8. The van der Waals surface area contributed by atoms with Crippen LogP contribution in [0.3, 0.4) is 0 Å². The predicted octanol–water partition coefficient (Wildman–Crippen LogP) is 4.18. The lowest BCUT2D eigenvalue weighted by Gasteiger charge is -2.22. The molecule has 0 saturated carbocycles. The number of aromatic nitrogens is 4. The molecular weight excluding hydrogens is 470 g/mol. The number of nitrogens with one attached hydrogen (secondary N) is 2. The van der Waals surface area contributed by atoms with Crippen molar-refractivity contribution in [3.63, 3.8) is 0 Å². The van der Waals surface area contributed by atoms with Crippen LogP contribution in [0.15, 0.2) is 30.6 Å². The number of methoxy groups -OCH3 is 1. The molecule has 1 aromatic carbocycles. The molecule has 10 nitrogen and oxygen atoms in total. The van der Waals surface area contributed by atoms with Gasteiger partial charge in [-0.25, -0.2) is 4.68 Å². The maximum atomic E-state index is 13.3. The van der Waals surface area contributed by atoms with E-state index in [0.29, 0.717) is 23.6 Å². The van der Waals surface area contributed by atoms with E-state index in [1.54, 1.807) is 25.1 Å². The van der Waals surface area contributed by atoms with E-state index in [0.717, 1.165) is 5.56 Å². The van der Waals surface area contributed by atoms with Crippen molar-refractivity contribution in [1.29, 1.82) is 5.26 Å². The lowest BCUT2D eigenvalue weighted by Crippen LogP contribution is -2.32. The first-order chi connectivity index (χ1) is 17.2. The van der Waals surface area contributed by atoms with Gasteiger partial charge < -0.3 is 15.4 Å². The molecule has 0 aliphatic rings. The Kier molecular flexibility index (Phi) is 7.67. The summed E-state index contributed by atoms with van der Waals surface area (Å²) in [7, 11) is 1.43. The molecule has 3 aromatic rings. The summed E-state index contributed by atoms with van der Waals surface area (Å²) in [6, 6.07) is 7.28. The van der Waals surface area contributed by atoms with Crippen molar-refractivity contribution in [1.82, 2.24) is 25.3 Å². The summed E-state index contributed by atoms with van der Waals surface area (Å²) >= 11 is 0. The van der Waals surface area contributed by atoms with Gasteiger partial charge in [0.25, 0.3) is 11.8 Å². The van der Waals surface area contributed by atoms with Gasteiger partial charge in [-0.05, 0) is 41.5 Å². The van der Waals surface area contributed by atoms with Gasteiger partial charge >= 0.3 is 0 Å². The molecule has 2 amide bonds. The highest BCUT2D eigenvalue weighted by molar-refractivity contribution is 6.07. The normalized spacial score (nSPS) is 11.5. The van der Waals surface area contributed by atoms with E-state index in [1.807, 2.05) is 41.5 Å². The van der Waals surface area contributed by atoms with Crippen LogP contribution in [0.1, 0.15) is 79.2 Å². The van der Waals surface area contributed by atoms with Crippen LogP contribution >= 0.6 is 0 Å². The number of hydrogen-bond acceptors (Lipinski definition) is 7. The Bertz CT molecular complexity index is 1370. The molecule has 0 fully saturated rings. The SMILES string of the molecule is COc1c(C#N)cc(C(C)(C)C)cc1C(=O)Nc1cnc(C)c(-n2cc(C(=O)NCC(C)(C)C)nn2)c1. The molecule has 0 saturated heterocycles. The monoisotopic (exact) mass is 503 g/mol. The highest BCUT2D eigenvalue weighted by atomic mass is 16.5. The molecule has 0 aliphatic carbocycles. The minimum absolute atomic E-state index is 0.0677. The average molecular weight is 504 g/mol. The maximum absolute atomic E-state index is 13.3. The summed E-state index contributed by atoms with van der Waals surface area (Å²) in [6.07, 6.45) is 3.04. The van der Waals surface area contributed by atoms with Gasteiger partial charge in [-0.1, -0.05) is 46.8 Å². The predicted molar refractivity (Wildman–Crippen MR) is 140 cm³/mol. The van der Waals surface area contributed by atoms with Crippen LogP contribution < -0.4 is 15.4 Å². The number of nitrogens with zero attached hydrogens (tertiary/aromatic N) is 5. The lowest BCUT2D eigenvalue weighted by atomic mass is 9.84. The Labute approximate surface area is 217 Å². The zero-order valence-corrected chi connectivity index (χ0v) is 22.6. The summed E-state index contributed by atoms with van der Waals surface area (Å²) < 4.78 is 6.86. The van der Waals surface area contributed by atoms with Gasteiger partial charge in [0.1, 0.15) is 11.8 Å². The topological polar surface area (TPSA) is 135 Å². The van der Waals surface area contributed by atoms with Gasteiger partial charge in [-0.15, -0.1) is 5.10 Å². The highest BCUT2D eigenvalue weighted by Crippen LogP contribution is 2.32. The van der Waals surface area contributed by atoms with Gasteiger partial charge in [-0.2, -0.15) is 5.26 Å². The average Bonchev–Trinajstić information content (AvgIpc) is 3.31. The molecule has 3 rings (SSSR count). The zero-order chi connectivity index (χ0) is 27.5. The fraction of sp³-hybridized carbons (Fsp3) is 0.407. The molecule has 0 radical (unpaired) electrons. The summed E-state index contributed by atoms with van der Waals surface area (Å²) in [5.41, 5.74) is 2.76. The van der Waals surface area contributed by atoms with Gasteiger partial charge in [0, 0.05) is 6.54 Å². The molecule has 2 heterocycles. The summed E-state index contributed by atoms with van der Waals surface area (Å²) in [4.78, 5) is 30.1. The number of nitriles is 1. The Hall–Kier alpha value is -4.26. The Balaban J connectivity index is 1.90. The molecule has 0 unspecified atom stereocenters. The summed E-state index contributed by atoms with van der Waals surface area (Å²) in [5.74, 6) is -0.567. The number of hydrogen-bond donors (Lipinski definition) is 2. The van der Waals surface area contributed by atoms with Gasteiger partial charge in [0.15, 0.2) is 5.69 Å². The quantitative estimate of drug-likeness (QED) is 0.515. The van der Waals surface area contributed by atoms with Crippen molar-refractivity contribution >= 4 is 17.5 Å². The van der Waals surface area contributed by atoms with Crippen LogP contribution in [-0.4, -0.2) is 45.4 Å². The number of ether oxygens (including phenoxy) is 1. The van der Waals surface area contributed by atoms with E-state index in [-0.39, 0.29) is 39.3 Å². The standard InChI is InChI=1S/C27H33N7O3/c1-16-22(34-14-21(32-33-34)25(36)30-15-26(2,3)4)11-19(13-29-16)31-24(35)20-10-18(27(5,6)7)9-17(12-28)23(20)37-8/h9-11,13-14H,15H2,1-8H3,(H,30,36)(H,31,35). The number of amides is 2. The Morgan fingerprint density at radius 1 is 1.11 bits per heavy atom. The van der Waals surface area contributed by atoms with Crippen LogP contribution in [-0.2, 0) is 5.41 Å². The van der Waals surface area contributed by atoms with Gasteiger partial charge in [-0.3, -0.25) is 14.6 Å². The molecular formula is C27H33N7O3. The zero-order valence-electron chi connectivity index (χ0n) is 22.6.